The van der Waals surface area contributed by atoms with E-state index in [1.165, 1.54) is 11.3 Å². The van der Waals surface area contributed by atoms with Gasteiger partial charge >= 0.3 is 0 Å². The zero-order chi connectivity index (χ0) is 15.2. The quantitative estimate of drug-likeness (QED) is 0.767. The summed E-state index contributed by atoms with van der Waals surface area (Å²) in [6, 6.07) is 7.90. The average molecular weight is 306 g/mol. The van der Waals surface area contributed by atoms with Gasteiger partial charge in [-0.2, -0.15) is 0 Å². The van der Waals surface area contributed by atoms with E-state index < -0.39 is 0 Å². The predicted octanol–water partition coefficient (Wildman–Crippen LogP) is 2.05. The maximum absolute atomic E-state index is 5.88. The SMILES string of the molecule is COc1cccc(-c2nc(N)sc2CNCCN(C)C)c1. The topological polar surface area (TPSA) is 63.4 Å². The van der Waals surface area contributed by atoms with E-state index in [0.29, 0.717) is 5.13 Å². The summed E-state index contributed by atoms with van der Waals surface area (Å²) in [5.74, 6) is 0.825. The van der Waals surface area contributed by atoms with E-state index in [-0.39, 0.29) is 0 Å². The van der Waals surface area contributed by atoms with Gasteiger partial charge in [-0.05, 0) is 26.2 Å². The third kappa shape index (κ3) is 4.42. The molecule has 2 aromatic rings. The van der Waals surface area contributed by atoms with Crippen molar-refractivity contribution in [2.75, 3.05) is 40.0 Å². The second-order valence-electron chi connectivity index (χ2n) is 5.04. The zero-order valence-corrected chi connectivity index (χ0v) is 13.5. The maximum atomic E-state index is 5.88. The average Bonchev–Trinajstić information content (AvgIpc) is 2.84. The zero-order valence-electron chi connectivity index (χ0n) is 12.7. The van der Waals surface area contributed by atoms with E-state index in [0.717, 1.165) is 41.5 Å². The molecule has 0 saturated carbocycles. The molecule has 0 aliphatic rings. The van der Waals surface area contributed by atoms with Gasteiger partial charge in [0, 0.05) is 30.1 Å². The lowest BCUT2D eigenvalue weighted by atomic mass is 10.1. The van der Waals surface area contributed by atoms with Gasteiger partial charge in [-0.25, -0.2) is 4.98 Å². The Balaban J connectivity index is 2.12. The Morgan fingerprint density at radius 1 is 1.38 bits per heavy atom. The predicted molar refractivity (Wildman–Crippen MR) is 88.8 cm³/mol. The molecular formula is C15H22N4OS. The minimum Gasteiger partial charge on any atom is -0.497 e. The van der Waals surface area contributed by atoms with E-state index in [4.69, 9.17) is 10.5 Å². The largest absolute Gasteiger partial charge is 0.497 e. The number of ether oxygens (including phenoxy) is 1. The van der Waals surface area contributed by atoms with Crippen LogP contribution in [0.1, 0.15) is 4.88 Å². The van der Waals surface area contributed by atoms with E-state index >= 15 is 0 Å². The van der Waals surface area contributed by atoms with E-state index in [9.17, 15) is 0 Å². The third-order valence-corrected chi connectivity index (χ3v) is 3.96. The van der Waals surface area contributed by atoms with Crippen molar-refractivity contribution in [1.29, 1.82) is 0 Å². The fraction of sp³-hybridized carbons (Fsp3) is 0.400. The van der Waals surface area contributed by atoms with E-state index in [2.05, 4.69) is 29.3 Å². The summed E-state index contributed by atoms with van der Waals surface area (Å²) in [6.45, 7) is 2.71. The molecule has 0 saturated heterocycles. The van der Waals surface area contributed by atoms with Gasteiger partial charge in [0.1, 0.15) is 5.75 Å². The molecule has 0 aliphatic carbocycles. The number of nitrogens with one attached hydrogen (secondary N) is 1. The van der Waals surface area contributed by atoms with Crippen LogP contribution in [-0.4, -0.2) is 44.2 Å². The molecule has 0 aliphatic heterocycles. The Labute approximate surface area is 129 Å². The first-order chi connectivity index (χ1) is 10.1. The van der Waals surface area contributed by atoms with Crippen LogP contribution in [0.3, 0.4) is 0 Å². The molecule has 5 nitrogen and oxygen atoms in total. The number of nitrogens with two attached hydrogens (primary N) is 1. The van der Waals surface area contributed by atoms with Gasteiger partial charge in [0.2, 0.25) is 0 Å². The van der Waals surface area contributed by atoms with Crippen molar-refractivity contribution in [2.24, 2.45) is 0 Å². The van der Waals surface area contributed by atoms with Crippen molar-refractivity contribution >= 4 is 16.5 Å². The molecule has 0 spiro atoms. The Morgan fingerprint density at radius 3 is 2.90 bits per heavy atom. The molecule has 0 amide bonds. The minimum atomic E-state index is 0.595. The van der Waals surface area contributed by atoms with Crippen molar-refractivity contribution < 1.29 is 4.74 Å². The van der Waals surface area contributed by atoms with Crippen molar-refractivity contribution in [1.82, 2.24) is 15.2 Å². The second kappa shape index (κ2) is 7.40. The van der Waals surface area contributed by atoms with Gasteiger partial charge < -0.3 is 20.7 Å². The molecule has 1 heterocycles. The van der Waals surface area contributed by atoms with Gasteiger partial charge in [-0.3, -0.25) is 0 Å². The van der Waals surface area contributed by atoms with Crippen LogP contribution in [0.2, 0.25) is 0 Å². The number of methoxy groups -OCH3 is 1. The van der Waals surface area contributed by atoms with E-state index in [1.54, 1.807) is 7.11 Å². The third-order valence-electron chi connectivity index (χ3n) is 3.08. The number of nitrogen functional groups attached to an aromatic ring is 1. The highest BCUT2D eigenvalue weighted by Gasteiger charge is 2.12. The molecule has 21 heavy (non-hydrogen) atoms. The maximum Gasteiger partial charge on any atom is 0.180 e. The number of benzene rings is 1. The van der Waals surface area contributed by atoms with Crippen molar-refractivity contribution in [2.45, 2.75) is 6.54 Å². The number of nitrogens with zero attached hydrogens (tertiary/aromatic N) is 2. The van der Waals surface area contributed by atoms with Crippen LogP contribution >= 0.6 is 11.3 Å². The van der Waals surface area contributed by atoms with Gasteiger partial charge in [-0.1, -0.05) is 12.1 Å². The summed E-state index contributed by atoms with van der Waals surface area (Å²) in [7, 11) is 5.79. The molecule has 6 heteroatoms. The van der Waals surface area contributed by atoms with Crippen LogP contribution in [0.15, 0.2) is 24.3 Å². The number of hydrogen-bond acceptors (Lipinski definition) is 6. The molecule has 0 radical (unpaired) electrons. The summed E-state index contributed by atoms with van der Waals surface area (Å²) in [5, 5.41) is 4.02. The first-order valence-corrected chi connectivity index (χ1v) is 7.67. The van der Waals surface area contributed by atoms with Crippen molar-refractivity contribution in [3.05, 3.63) is 29.1 Å². The fourth-order valence-electron chi connectivity index (χ4n) is 1.99. The van der Waals surface area contributed by atoms with Crippen molar-refractivity contribution in [3.8, 4) is 17.0 Å². The van der Waals surface area contributed by atoms with Crippen LogP contribution in [0.5, 0.6) is 5.75 Å². The number of thiazole rings is 1. The Hall–Kier alpha value is -1.63. The lowest BCUT2D eigenvalue weighted by Crippen LogP contribution is -2.26. The number of aromatic nitrogens is 1. The molecule has 3 N–H and O–H groups in total. The lowest BCUT2D eigenvalue weighted by Gasteiger charge is -2.10. The molecule has 0 fully saturated rings. The summed E-state index contributed by atoms with van der Waals surface area (Å²) < 4.78 is 5.27. The molecule has 0 atom stereocenters. The molecule has 0 unspecified atom stereocenters. The first-order valence-electron chi connectivity index (χ1n) is 6.85. The lowest BCUT2D eigenvalue weighted by molar-refractivity contribution is 0.400. The number of hydrogen-bond donors (Lipinski definition) is 2. The Morgan fingerprint density at radius 2 is 2.19 bits per heavy atom. The molecule has 114 valence electrons. The van der Waals surface area contributed by atoms with Crippen molar-refractivity contribution in [3.63, 3.8) is 0 Å². The smallest absolute Gasteiger partial charge is 0.180 e. The molecule has 0 bridgehead atoms. The summed E-state index contributed by atoms with van der Waals surface area (Å²) in [5.41, 5.74) is 7.85. The van der Waals surface area contributed by atoms with Crippen LogP contribution < -0.4 is 15.8 Å². The van der Waals surface area contributed by atoms with Crippen LogP contribution in [-0.2, 0) is 6.54 Å². The molecule has 1 aromatic carbocycles. The second-order valence-corrected chi connectivity index (χ2v) is 6.15. The molecular weight excluding hydrogens is 284 g/mol. The van der Waals surface area contributed by atoms with Crippen LogP contribution in [0, 0.1) is 0 Å². The van der Waals surface area contributed by atoms with Gasteiger partial charge in [-0.15, -0.1) is 11.3 Å². The Kier molecular flexibility index (Phi) is 5.55. The van der Waals surface area contributed by atoms with E-state index in [1.807, 2.05) is 24.3 Å². The van der Waals surface area contributed by atoms with Crippen LogP contribution in [0.25, 0.3) is 11.3 Å². The summed E-state index contributed by atoms with van der Waals surface area (Å²) in [6.07, 6.45) is 0. The summed E-state index contributed by atoms with van der Waals surface area (Å²) >= 11 is 1.53. The highest BCUT2D eigenvalue weighted by molar-refractivity contribution is 7.15. The van der Waals surface area contributed by atoms with Gasteiger partial charge in [0.15, 0.2) is 5.13 Å². The minimum absolute atomic E-state index is 0.595. The van der Waals surface area contributed by atoms with Gasteiger partial charge in [0.25, 0.3) is 0 Å². The van der Waals surface area contributed by atoms with Gasteiger partial charge in [0.05, 0.1) is 12.8 Å². The number of anilines is 1. The first kappa shape index (κ1) is 15.8. The molecule has 2 rings (SSSR count). The number of likely N-dealkylation sites (N-methyl/N-ethyl adjacent to an activating group) is 1. The van der Waals surface area contributed by atoms with Crippen LogP contribution in [0.4, 0.5) is 5.13 Å². The highest BCUT2D eigenvalue weighted by atomic mass is 32.1. The normalized spacial score (nSPS) is 11.0. The number of rotatable bonds is 7. The molecule has 1 aromatic heterocycles. The monoisotopic (exact) mass is 306 g/mol. The summed E-state index contributed by atoms with van der Waals surface area (Å²) in [4.78, 5) is 7.76. The Bertz CT molecular complexity index is 583. The standard InChI is InChI=1S/C15H22N4OS/c1-19(2)8-7-17-10-13-14(18-15(16)21-13)11-5-4-6-12(9-11)20-3/h4-6,9,17H,7-8,10H2,1-3H3,(H2,16,18). The highest BCUT2D eigenvalue weighted by Crippen LogP contribution is 2.31. The fourth-order valence-corrected chi connectivity index (χ4v) is 2.81.